The van der Waals surface area contributed by atoms with Gasteiger partial charge in [-0.2, -0.15) is 0 Å². The first kappa shape index (κ1) is 24.3. The van der Waals surface area contributed by atoms with Crippen molar-refractivity contribution in [1.29, 1.82) is 0 Å². The molecule has 7 heteroatoms. The number of hydrogen-bond donors (Lipinski definition) is 3. The van der Waals surface area contributed by atoms with Crippen LogP contribution in [0.15, 0.2) is 66.9 Å². The molecule has 1 heterocycles. The number of nitrogens with one attached hydrogen (secondary N) is 2. The van der Waals surface area contributed by atoms with Crippen LogP contribution < -0.4 is 15.4 Å². The van der Waals surface area contributed by atoms with Crippen LogP contribution in [0.1, 0.15) is 57.6 Å². The Morgan fingerprint density at radius 1 is 0.943 bits per heavy atom. The molecule has 182 valence electrons. The van der Waals surface area contributed by atoms with Crippen LogP contribution in [0.4, 0.5) is 16.2 Å². The second-order valence-corrected chi connectivity index (χ2v) is 9.96. The summed E-state index contributed by atoms with van der Waals surface area (Å²) >= 11 is 0. The normalized spacial score (nSPS) is 14.8. The van der Waals surface area contributed by atoms with Crippen molar-refractivity contribution in [2.75, 3.05) is 10.6 Å². The van der Waals surface area contributed by atoms with E-state index in [2.05, 4.69) is 36.4 Å². The number of hydrogen-bond acceptors (Lipinski definition) is 4. The number of urea groups is 1. The van der Waals surface area contributed by atoms with Gasteiger partial charge in [0.25, 0.3) is 0 Å². The van der Waals surface area contributed by atoms with Crippen molar-refractivity contribution in [2.24, 2.45) is 0 Å². The predicted molar refractivity (Wildman–Crippen MR) is 136 cm³/mol. The molecule has 1 aliphatic rings. The smallest absolute Gasteiger partial charge is 0.323 e. The van der Waals surface area contributed by atoms with Crippen molar-refractivity contribution >= 4 is 23.4 Å². The number of aromatic nitrogens is 1. The van der Waals surface area contributed by atoms with E-state index in [0.717, 1.165) is 24.0 Å². The van der Waals surface area contributed by atoms with Gasteiger partial charge in [-0.05, 0) is 54.2 Å². The molecule has 0 spiro atoms. The number of ether oxygens (including phenoxy) is 1. The maximum Gasteiger partial charge on any atom is 0.323 e. The first-order valence-electron chi connectivity index (χ1n) is 11.8. The summed E-state index contributed by atoms with van der Waals surface area (Å²) < 4.78 is 6.12. The van der Waals surface area contributed by atoms with Gasteiger partial charge >= 0.3 is 12.0 Å². The van der Waals surface area contributed by atoms with Gasteiger partial charge in [0.15, 0.2) is 0 Å². The minimum Gasteiger partial charge on any atom is -0.481 e. The lowest BCUT2D eigenvalue weighted by Crippen LogP contribution is -2.32. The summed E-state index contributed by atoms with van der Waals surface area (Å²) in [5.41, 5.74) is 1.85. The van der Waals surface area contributed by atoms with Gasteiger partial charge in [-0.25, -0.2) is 9.78 Å². The van der Waals surface area contributed by atoms with Crippen LogP contribution in [-0.2, 0) is 15.6 Å². The zero-order valence-electron chi connectivity index (χ0n) is 20.3. The summed E-state index contributed by atoms with van der Waals surface area (Å²) in [6.45, 7) is 6.32. The highest BCUT2D eigenvalue weighted by molar-refractivity contribution is 6.00. The topological polar surface area (TPSA) is 101 Å². The van der Waals surface area contributed by atoms with Gasteiger partial charge in [0.1, 0.15) is 11.4 Å². The van der Waals surface area contributed by atoms with Crippen LogP contribution in [0.5, 0.6) is 11.6 Å². The summed E-state index contributed by atoms with van der Waals surface area (Å²) in [4.78, 5) is 29.0. The fourth-order valence-electron chi connectivity index (χ4n) is 4.61. The van der Waals surface area contributed by atoms with Gasteiger partial charge in [-0.1, -0.05) is 63.9 Å². The molecule has 1 aliphatic carbocycles. The summed E-state index contributed by atoms with van der Waals surface area (Å²) in [5.74, 6) is 0.182. The average molecular weight is 474 g/mol. The van der Waals surface area contributed by atoms with E-state index in [1.807, 2.05) is 24.3 Å². The Morgan fingerprint density at radius 2 is 1.63 bits per heavy atom. The third kappa shape index (κ3) is 5.29. The molecule has 1 saturated carbocycles. The number of anilines is 2. The Balaban J connectivity index is 1.47. The number of carbonyl (C=O) groups is 2. The lowest BCUT2D eigenvalue weighted by molar-refractivity contribution is -0.143. The van der Waals surface area contributed by atoms with Gasteiger partial charge in [0, 0.05) is 17.4 Å². The standard InChI is InChI=1S/C28H31N3O4/c1-27(2,3)21-9-4-5-11-23(21)35-24-22(10-8-18-29-24)31-26(34)30-20-14-12-19(13-15-20)28(25(32)33)16-6-7-17-28/h4-5,8-15,18H,6-7,16-17H2,1-3H3,(H,32,33)(H2,30,31,34). The van der Waals surface area contributed by atoms with E-state index in [1.165, 1.54) is 0 Å². The number of para-hydroxylation sites is 1. The zero-order valence-corrected chi connectivity index (χ0v) is 20.3. The summed E-state index contributed by atoms with van der Waals surface area (Å²) in [5, 5.41) is 15.4. The lowest BCUT2D eigenvalue weighted by Gasteiger charge is -2.24. The van der Waals surface area contributed by atoms with Crippen molar-refractivity contribution in [3.8, 4) is 11.6 Å². The summed E-state index contributed by atoms with van der Waals surface area (Å²) in [6, 6.07) is 17.8. The quantitative estimate of drug-likeness (QED) is 0.369. The molecule has 0 aliphatic heterocycles. The predicted octanol–water partition coefficient (Wildman–Crippen LogP) is 6.71. The molecule has 2 amide bonds. The second kappa shape index (κ2) is 9.78. The van der Waals surface area contributed by atoms with E-state index in [1.54, 1.807) is 42.6 Å². The molecule has 0 bridgehead atoms. The third-order valence-corrected chi connectivity index (χ3v) is 6.48. The van der Waals surface area contributed by atoms with E-state index >= 15 is 0 Å². The van der Waals surface area contributed by atoms with E-state index in [9.17, 15) is 14.7 Å². The molecular formula is C28H31N3O4. The number of benzene rings is 2. The number of amides is 2. The van der Waals surface area contributed by atoms with Gasteiger partial charge in [0.05, 0.1) is 5.41 Å². The zero-order chi connectivity index (χ0) is 25.1. The fraction of sp³-hybridized carbons (Fsp3) is 0.321. The fourth-order valence-corrected chi connectivity index (χ4v) is 4.61. The molecule has 3 aromatic rings. The summed E-state index contributed by atoms with van der Waals surface area (Å²) in [7, 11) is 0. The molecule has 0 atom stereocenters. The SMILES string of the molecule is CC(C)(C)c1ccccc1Oc1ncccc1NC(=O)Nc1ccc(C2(C(=O)O)CCCC2)cc1. The minimum atomic E-state index is -0.827. The molecular weight excluding hydrogens is 442 g/mol. The van der Waals surface area contributed by atoms with Crippen LogP contribution in [0.25, 0.3) is 0 Å². The number of carbonyl (C=O) groups excluding carboxylic acids is 1. The number of carboxylic acid groups (broad SMARTS) is 1. The number of rotatable bonds is 6. The van der Waals surface area contributed by atoms with Crippen molar-refractivity contribution in [1.82, 2.24) is 4.98 Å². The Labute approximate surface area is 205 Å². The number of nitrogens with zero attached hydrogens (tertiary/aromatic N) is 1. The molecule has 3 N–H and O–H groups in total. The third-order valence-electron chi connectivity index (χ3n) is 6.48. The molecule has 4 rings (SSSR count). The van der Waals surface area contributed by atoms with Crippen LogP contribution in [-0.4, -0.2) is 22.1 Å². The maximum absolute atomic E-state index is 12.7. The Morgan fingerprint density at radius 3 is 2.29 bits per heavy atom. The van der Waals surface area contributed by atoms with Gasteiger partial charge < -0.3 is 20.5 Å². The Kier molecular flexibility index (Phi) is 6.78. The lowest BCUT2D eigenvalue weighted by atomic mass is 9.79. The minimum absolute atomic E-state index is 0.125. The van der Waals surface area contributed by atoms with Crippen LogP contribution in [0.2, 0.25) is 0 Å². The van der Waals surface area contributed by atoms with E-state index in [0.29, 0.717) is 35.8 Å². The highest BCUT2D eigenvalue weighted by atomic mass is 16.5. The number of aliphatic carboxylic acids is 1. The monoisotopic (exact) mass is 473 g/mol. The van der Waals surface area contributed by atoms with Crippen LogP contribution >= 0.6 is 0 Å². The average Bonchev–Trinajstić information content (AvgIpc) is 3.32. The molecule has 1 aromatic heterocycles. The molecule has 0 radical (unpaired) electrons. The molecule has 0 saturated heterocycles. The second-order valence-electron chi connectivity index (χ2n) is 9.96. The van der Waals surface area contributed by atoms with Crippen LogP contribution in [0, 0.1) is 0 Å². The van der Waals surface area contributed by atoms with Crippen molar-refractivity contribution in [3.63, 3.8) is 0 Å². The van der Waals surface area contributed by atoms with Gasteiger partial charge in [-0.3, -0.25) is 4.79 Å². The summed E-state index contributed by atoms with van der Waals surface area (Å²) in [6.07, 6.45) is 4.70. The van der Waals surface area contributed by atoms with Gasteiger partial charge in [-0.15, -0.1) is 0 Å². The first-order chi connectivity index (χ1) is 16.7. The van der Waals surface area contributed by atoms with Crippen molar-refractivity contribution in [2.45, 2.75) is 57.3 Å². The Hall–Kier alpha value is -3.87. The van der Waals surface area contributed by atoms with Crippen molar-refractivity contribution in [3.05, 3.63) is 78.0 Å². The number of carboxylic acids is 1. The van der Waals surface area contributed by atoms with Crippen molar-refractivity contribution < 1.29 is 19.4 Å². The van der Waals surface area contributed by atoms with Gasteiger partial charge in [0.2, 0.25) is 5.88 Å². The molecule has 35 heavy (non-hydrogen) atoms. The number of pyridine rings is 1. The first-order valence-corrected chi connectivity index (χ1v) is 11.8. The van der Waals surface area contributed by atoms with E-state index in [-0.39, 0.29) is 5.41 Å². The maximum atomic E-state index is 12.7. The highest BCUT2D eigenvalue weighted by Crippen LogP contribution is 2.41. The molecule has 0 unspecified atom stereocenters. The van der Waals surface area contributed by atoms with E-state index < -0.39 is 17.4 Å². The largest absolute Gasteiger partial charge is 0.481 e. The highest BCUT2D eigenvalue weighted by Gasteiger charge is 2.42. The Bertz CT molecular complexity index is 1210. The van der Waals surface area contributed by atoms with Crippen LogP contribution in [0.3, 0.4) is 0 Å². The molecule has 7 nitrogen and oxygen atoms in total. The van der Waals surface area contributed by atoms with E-state index in [4.69, 9.17) is 4.74 Å². The molecule has 1 fully saturated rings. The molecule has 2 aromatic carbocycles.